The highest BCUT2D eigenvalue weighted by atomic mass is 31.2. The molecule has 3 rings (SSSR count). The van der Waals surface area contributed by atoms with Crippen molar-refractivity contribution in [3.05, 3.63) is 72.8 Å². The van der Waals surface area contributed by atoms with Crippen LogP contribution in [0.3, 0.4) is 0 Å². The highest BCUT2D eigenvalue weighted by Crippen LogP contribution is 2.56. The number of rotatable bonds is 14. The summed E-state index contributed by atoms with van der Waals surface area (Å²) in [6, 6.07) is 25.5. The van der Waals surface area contributed by atoms with Gasteiger partial charge in [0.1, 0.15) is 40.4 Å². The number of hydrogen-bond donors (Lipinski definition) is 1. The number of carboxylic acids is 1. The lowest BCUT2D eigenvalue weighted by Gasteiger charge is -2.28. The molecule has 0 spiro atoms. The number of aliphatic carboxylic acids is 1. The summed E-state index contributed by atoms with van der Waals surface area (Å²) >= 11 is 0. The van der Waals surface area contributed by atoms with E-state index in [9.17, 15) is 4.79 Å². The van der Waals surface area contributed by atoms with Crippen LogP contribution in [-0.4, -0.2) is 38.6 Å². The quantitative estimate of drug-likeness (QED) is 0.239. The predicted octanol–water partition coefficient (Wildman–Crippen LogP) is 5.43. The number of carboxylic acid groups (broad SMARTS) is 1. The Morgan fingerprint density at radius 2 is 0.943 bits per heavy atom. The molecule has 0 heterocycles. The van der Waals surface area contributed by atoms with Gasteiger partial charge in [-0.05, 0) is 92.1 Å². The zero-order valence-corrected chi connectivity index (χ0v) is 21.8. The van der Waals surface area contributed by atoms with Gasteiger partial charge in [0.15, 0.2) is 0 Å². The first-order valence-electron chi connectivity index (χ1n) is 12.1. The molecule has 5 nitrogen and oxygen atoms in total. The molecule has 0 aliphatic heterocycles. The van der Waals surface area contributed by atoms with E-state index in [-0.39, 0.29) is 6.42 Å². The lowest BCUT2D eigenvalue weighted by atomic mass is 10.1. The third-order valence-corrected chi connectivity index (χ3v) is 10.9. The first kappa shape index (κ1) is 26.6. The van der Waals surface area contributed by atoms with Crippen molar-refractivity contribution in [3.63, 3.8) is 0 Å². The van der Waals surface area contributed by atoms with Crippen molar-refractivity contribution >= 4 is 29.1 Å². The molecule has 0 unspecified atom stereocenters. The van der Waals surface area contributed by atoms with Crippen LogP contribution in [0.1, 0.15) is 38.5 Å². The van der Waals surface area contributed by atoms with E-state index in [4.69, 9.17) is 19.3 Å². The normalized spacial score (nSPS) is 11.2. The highest BCUT2D eigenvalue weighted by Gasteiger charge is 2.44. The topological polar surface area (TPSA) is 65.0 Å². The summed E-state index contributed by atoms with van der Waals surface area (Å²) in [5.74, 6) is 1.81. The fraction of sp³-hybridized carbons (Fsp3) is 0.345. The van der Waals surface area contributed by atoms with Gasteiger partial charge in [-0.3, -0.25) is 4.79 Å². The molecule has 1 N–H and O–H groups in total. The maximum absolute atomic E-state index is 10.8. The van der Waals surface area contributed by atoms with E-state index in [1.54, 1.807) is 21.3 Å². The number of hydrogen-bond acceptors (Lipinski definition) is 4. The third kappa shape index (κ3) is 6.76. The maximum Gasteiger partial charge on any atom is 0.303 e. The lowest BCUT2D eigenvalue weighted by Crippen LogP contribution is -2.33. The Morgan fingerprint density at radius 3 is 1.29 bits per heavy atom. The SMILES string of the molecule is COc1ccc([P+](CCCCCCCC(=O)O)(c2ccc(OC)cc2)c2ccc(OC)cc2)cc1. The molecule has 0 saturated heterocycles. The van der Waals surface area contributed by atoms with Gasteiger partial charge in [0.25, 0.3) is 0 Å². The van der Waals surface area contributed by atoms with Gasteiger partial charge < -0.3 is 19.3 Å². The summed E-state index contributed by atoms with van der Waals surface area (Å²) in [5.41, 5.74) is 0. The number of unbranched alkanes of at least 4 members (excludes halogenated alkanes) is 4. The molecule has 0 amide bonds. The Kier molecular flexibility index (Phi) is 9.98. The average molecular weight is 496 g/mol. The molecule has 0 aliphatic carbocycles. The summed E-state index contributed by atoms with van der Waals surface area (Å²) in [7, 11) is 3.09. The maximum atomic E-state index is 10.8. The van der Waals surface area contributed by atoms with E-state index in [1.807, 2.05) is 36.4 Å². The van der Waals surface area contributed by atoms with Gasteiger partial charge in [-0.1, -0.05) is 12.8 Å². The molecular weight excluding hydrogens is 459 g/mol. The largest absolute Gasteiger partial charge is 0.497 e. The van der Waals surface area contributed by atoms with Gasteiger partial charge in [-0.25, -0.2) is 0 Å². The van der Waals surface area contributed by atoms with Crippen LogP contribution in [0, 0.1) is 0 Å². The van der Waals surface area contributed by atoms with Crippen LogP contribution >= 0.6 is 7.26 Å². The molecule has 0 fully saturated rings. The molecule has 0 radical (unpaired) electrons. The zero-order chi connectivity index (χ0) is 25.1. The van der Waals surface area contributed by atoms with E-state index in [2.05, 4.69) is 36.4 Å². The van der Waals surface area contributed by atoms with Gasteiger partial charge >= 0.3 is 5.97 Å². The molecule has 0 bridgehead atoms. The Morgan fingerprint density at radius 1 is 0.600 bits per heavy atom. The minimum atomic E-state index is -1.98. The molecule has 0 atom stereocenters. The second-order valence-electron chi connectivity index (χ2n) is 8.54. The van der Waals surface area contributed by atoms with E-state index >= 15 is 0 Å². The summed E-state index contributed by atoms with van der Waals surface area (Å²) in [5, 5.41) is 12.8. The molecule has 3 aromatic rings. The lowest BCUT2D eigenvalue weighted by molar-refractivity contribution is -0.137. The minimum absolute atomic E-state index is 0.250. The Balaban J connectivity index is 2.00. The van der Waals surface area contributed by atoms with E-state index in [0.717, 1.165) is 55.5 Å². The number of benzene rings is 3. The Labute approximate surface area is 209 Å². The van der Waals surface area contributed by atoms with Crippen molar-refractivity contribution in [1.82, 2.24) is 0 Å². The molecule has 35 heavy (non-hydrogen) atoms. The van der Waals surface area contributed by atoms with Crippen molar-refractivity contribution in [2.75, 3.05) is 27.5 Å². The standard InChI is InChI=1S/C29H35O5P/c1-32-23-10-16-26(17-11-23)35(27-18-12-24(33-2)13-19-27,28-20-14-25(34-3)15-21-28)22-8-6-4-5-7-9-29(30)31/h10-21H,4-9,22H2,1-3H3/p+1. The van der Waals surface area contributed by atoms with Gasteiger partial charge in [0.05, 0.1) is 27.5 Å². The molecule has 186 valence electrons. The van der Waals surface area contributed by atoms with Crippen LogP contribution in [0.5, 0.6) is 17.2 Å². The van der Waals surface area contributed by atoms with E-state index in [0.29, 0.717) is 0 Å². The van der Waals surface area contributed by atoms with Crippen LogP contribution < -0.4 is 30.1 Å². The average Bonchev–Trinajstić information content (AvgIpc) is 2.90. The van der Waals surface area contributed by atoms with Gasteiger partial charge in [-0.15, -0.1) is 0 Å². The summed E-state index contributed by atoms with van der Waals surface area (Å²) < 4.78 is 16.3. The van der Waals surface area contributed by atoms with Crippen molar-refractivity contribution in [2.24, 2.45) is 0 Å². The monoisotopic (exact) mass is 495 g/mol. The smallest absolute Gasteiger partial charge is 0.303 e. The van der Waals surface area contributed by atoms with Crippen LogP contribution in [0.25, 0.3) is 0 Å². The Hall–Kier alpha value is -3.04. The Bertz CT molecular complexity index is 930. The van der Waals surface area contributed by atoms with Gasteiger partial charge in [0.2, 0.25) is 0 Å². The van der Waals surface area contributed by atoms with Crippen molar-refractivity contribution in [1.29, 1.82) is 0 Å². The van der Waals surface area contributed by atoms with Gasteiger partial charge in [0, 0.05) is 6.42 Å². The zero-order valence-electron chi connectivity index (χ0n) is 20.9. The molecule has 0 aromatic heterocycles. The molecule has 0 aliphatic rings. The second-order valence-corrected chi connectivity index (χ2v) is 12.2. The fourth-order valence-corrected chi connectivity index (χ4v) is 8.84. The molecule has 6 heteroatoms. The summed E-state index contributed by atoms with van der Waals surface area (Å²) in [4.78, 5) is 10.8. The second kappa shape index (κ2) is 13.2. The molecule has 3 aromatic carbocycles. The van der Waals surface area contributed by atoms with Crippen LogP contribution in [0.15, 0.2) is 72.8 Å². The predicted molar refractivity (Wildman–Crippen MR) is 145 cm³/mol. The third-order valence-electron chi connectivity index (χ3n) is 6.42. The summed E-state index contributed by atoms with van der Waals surface area (Å²) in [6.45, 7) is 0. The van der Waals surface area contributed by atoms with Crippen LogP contribution in [-0.2, 0) is 4.79 Å². The van der Waals surface area contributed by atoms with Crippen molar-refractivity contribution in [3.8, 4) is 17.2 Å². The minimum Gasteiger partial charge on any atom is -0.497 e. The number of ether oxygens (including phenoxy) is 3. The summed E-state index contributed by atoms with van der Waals surface area (Å²) in [6.07, 6.45) is 6.14. The fourth-order valence-electron chi connectivity index (χ4n) is 4.50. The molecule has 0 saturated carbocycles. The number of carbonyl (C=O) groups is 1. The van der Waals surface area contributed by atoms with Crippen LogP contribution in [0.2, 0.25) is 0 Å². The van der Waals surface area contributed by atoms with E-state index in [1.165, 1.54) is 15.9 Å². The van der Waals surface area contributed by atoms with E-state index < -0.39 is 13.2 Å². The highest BCUT2D eigenvalue weighted by molar-refractivity contribution is 7.95. The van der Waals surface area contributed by atoms with Gasteiger partial charge in [-0.2, -0.15) is 0 Å². The van der Waals surface area contributed by atoms with Crippen molar-refractivity contribution < 1.29 is 24.1 Å². The number of methoxy groups -OCH3 is 3. The van der Waals surface area contributed by atoms with Crippen LogP contribution in [0.4, 0.5) is 0 Å². The molecular formula is C29H36O5P+. The van der Waals surface area contributed by atoms with Crippen molar-refractivity contribution in [2.45, 2.75) is 38.5 Å². The first-order valence-corrected chi connectivity index (χ1v) is 14.0. The first-order chi connectivity index (χ1) is 17.0.